The fourth-order valence-electron chi connectivity index (χ4n) is 3.58. The molecule has 0 atom stereocenters. The molecule has 4 rings (SSSR count). The van der Waals surface area contributed by atoms with Crippen LogP contribution in [0.1, 0.15) is 10.4 Å². The van der Waals surface area contributed by atoms with Gasteiger partial charge in [0.05, 0.1) is 24.5 Å². The van der Waals surface area contributed by atoms with Crippen LogP contribution in [0.15, 0.2) is 83.8 Å². The highest BCUT2D eigenvalue weighted by atomic mass is 32.2. The summed E-state index contributed by atoms with van der Waals surface area (Å²) >= 11 is 0. The van der Waals surface area contributed by atoms with Gasteiger partial charge in [-0.15, -0.1) is 0 Å². The number of sulfonamides is 1. The van der Waals surface area contributed by atoms with Crippen LogP contribution in [0.2, 0.25) is 0 Å². The molecular weight excluding hydrogens is 426 g/mol. The van der Waals surface area contributed by atoms with Crippen molar-refractivity contribution in [3.05, 3.63) is 84.4 Å². The van der Waals surface area contributed by atoms with E-state index < -0.39 is 15.9 Å². The minimum Gasteiger partial charge on any atom is -0.378 e. The summed E-state index contributed by atoms with van der Waals surface area (Å²) in [5.41, 5.74) is 2.25. The monoisotopic (exact) mass is 451 g/mol. The zero-order chi connectivity index (χ0) is 22.6. The number of nitrogens with zero attached hydrogens (tertiary/aromatic N) is 2. The normalized spacial score (nSPS) is 14.1. The molecule has 0 saturated carbocycles. The Balaban J connectivity index is 1.55. The average Bonchev–Trinajstić information content (AvgIpc) is 2.85. The van der Waals surface area contributed by atoms with Crippen molar-refractivity contribution in [1.29, 1.82) is 0 Å². The number of nitrogens with one attached hydrogen (secondary N) is 1. The van der Waals surface area contributed by atoms with Crippen molar-refractivity contribution in [2.24, 2.45) is 0 Å². The summed E-state index contributed by atoms with van der Waals surface area (Å²) in [7, 11) is -2.45. The summed E-state index contributed by atoms with van der Waals surface area (Å²) in [4.78, 5) is 15.2. The highest BCUT2D eigenvalue weighted by Crippen LogP contribution is 2.25. The van der Waals surface area contributed by atoms with Gasteiger partial charge in [0.2, 0.25) is 0 Å². The SMILES string of the molecule is CN(c1ccccc1)S(=O)(=O)c1ccccc1C(=O)Nc1ccc(N2CCOCC2)cc1. The van der Waals surface area contributed by atoms with Gasteiger partial charge >= 0.3 is 0 Å². The van der Waals surface area contributed by atoms with E-state index in [-0.39, 0.29) is 10.5 Å². The van der Waals surface area contributed by atoms with Crippen LogP contribution in [-0.2, 0) is 14.8 Å². The average molecular weight is 452 g/mol. The number of hydrogen-bond acceptors (Lipinski definition) is 5. The van der Waals surface area contributed by atoms with Crippen LogP contribution in [0.3, 0.4) is 0 Å². The lowest BCUT2D eigenvalue weighted by molar-refractivity contribution is 0.102. The Labute approximate surface area is 188 Å². The van der Waals surface area contributed by atoms with Gasteiger partial charge in [-0.25, -0.2) is 8.42 Å². The molecule has 1 amide bonds. The van der Waals surface area contributed by atoms with Crippen LogP contribution in [0.4, 0.5) is 17.1 Å². The molecule has 0 radical (unpaired) electrons. The maximum absolute atomic E-state index is 13.3. The smallest absolute Gasteiger partial charge is 0.264 e. The summed E-state index contributed by atoms with van der Waals surface area (Å²) in [6, 6.07) is 22.5. The molecule has 8 heteroatoms. The lowest BCUT2D eigenvalue weighted by Gasteiger charge is -2.28. The third-order valence-corrected chi connectivity index (χ3v) is 7.24. The molecule has 3 aromatic carbocycles. The summed E-state index contributed by atoms with van der Waals surface area (Å²) in [5, 5.41) is 2.81. The van der Waals surface area contributed by atoms with Crippen molar-refractivity contribution >= 4 is 33.0 Å². The third kappa shape index (κ3) is 4.61. The number of hydrogen-bond donors (Lipinski definition) is 1. The number of carbonyl (C=O) groups is 1. The molecule has 1 aliphatic rings. The second-order valence-corrected chi connectivity index (χ2v) is 9.34. The third-order valence-electron chi connectivity index (χ3n) is 5.39. The molecule has 0 spiro atoms. The van der Waals surface area contributed by atoms with Crippen LogP contribution in [-0.4, -0.2) is 47.7 Å². The summed E-state index contributed by atoms with van der Waals surface area (Å²) in [6.45, 7) is 3.04. The number of para-hydroxylation sites is 1. The number of anilines is 3. The van der Waals surface area contributed by atoms with Crippen LogP contribution in [0.5, 0.6) is 0 Å². The van der Waals surface area contributed by atoms with Gasteiger partial charge in [-0.1, -0.05) is 30.3 Å². The molecule has 166 valence electrons. The second kappa shape index (κ2) is 9.42. The van der Waals surface area contributed by atoms with Crippen LogP contribution in [0, 0.1) is 0 Å². The Morgan fingerprint density at radius 1 is 0.906 bits per heavy atom. The Bertz CT molecular complexity index is 1180. The van der Waals surface area contributed by atoms with Crippen molar-refractivity contribution in [3.8, 4) is 0 Å². The Morgan fingerprint density at radius 2 is 1.53 bits per heavy atom. The van der Waals surface area contributed by atoms with Crippen molar-refractivity contribution in [3.63, 3.8) is 0 Å². The molecule has 1 saturated heterocycles. The molecule has 7 nitrogen and oxygen atoms in total. The predicted molar refractivity (Wildman–Crippen MR) is 126 cm³/mol. The highest BCUT2D eigenvalue weighted by molar-refractivity contribution is 7.92. The van der Waals surface area contributed by atoms with Crippen LogP contribution in [0.25, 0.3) is 0 Å². The first-order valence-corrected chi connectivity index (χ1v) is 11.8. The van der Waals surface area contributed by atoms with E-state index in [2.05, 4.69) is 10.2 Å². The molecule has 0 aliphatic carbocycles. The number of benzene rings is 3. The molecule has 1 heterocycles. The Kier molecular flexibility index (Phi) is 6.43. The summed E-state index contributed by atoms with van der Waals surface area (Å²) in [5.74, 6) is -0.482. The van der Waals surface area contributed by atoms with Gasteiger partial charge in [0, 0.05) is 31.5 Å². The van der Waals surface area contributed by atoms with Crippen molar-refractivity contribution < 1.29 is 17.9 Å². The van der Waals surface area contributed by atoms with Gasteiger partial charge in [-0.3, -0.25) is 9.10 Å². The molecule has 1 fully saturated rings. The lowest BCUT2D eigenvalue weighted by atomic mass is 10.2. The fraction of sp³-hybridized carbons (Fsp3) is 0.208. The topological polar surface area (TPSA) is 79.0 Å². The van der Waals surface area contributed by atoms with E-state index in [1.807, 2.05) is 30.3 Å². The van der Waals surface area contributed by atoms with Crippen molar-refractivity contribution in [1.82, 2.24) is 0 Å². The van der Waals surface area contributed by atoms with Crippen LogP contribution < -0.4 is 14.5 Å². The number of rotatable bonds is 6. The second-order valence-electron chi connectivity index (χ2n) is 7.40. The molecule has 0 bridgehead atoms. The Morgan fingerprint density at radius 3 is 2.22 bits per heavy atom. The van der Waals surface area contributed by atoms with Crippen molar-refractivity contribution in [2.45, 2.75) is 4.90 Å². The molecule has 1 N–H and O–H groups in total. The summed E-state index contributed by atoms with van der Waals surface area (Å²) < 4.78 is 33.1. The number of morpholine rings is 1. The minimum atomic E-state index is -3.93. The standard InChI is InChI=1S/C24H25N3O4S/c1-26(20-7-3-2-4-8-20)32(29,30)23-10-6-5-9-22(23)24(28)25-19-11-13-21(14-12-19)27-15-17-31-18-16-27/h2-14H,15-18H2,1H3,(H,25,28). The van der Waals surface area contributed by atoms with Crippen LogP contribution >= 0.6 is 0 Å². The molecule has 0 unspecified atom stereocenters. The number of amides is 1. The zero-order valence-electron chi connectivity index (χ0n) is 17.8. The van der Waals surface area contributed by atoms with E-state index in [0.29, 0.717) is 24.6 Å². The van der Waals surface area contributed by atoms with E-state index >= 15 is 0 Å². The molecule has 0 aromatic heterocycles. The van der Waals surface area contributed by atoms with Gasteiger partial charge in [0.15, 0.2) is 0 Å². The summed E-state index contributed by atoms with van der Waals surface area (Å²) in [6.07, 6.45) is 0. The molecule has 32 heavy (non-hydrogen) atoms. The Hall–Kier alpha value is -3.36. The lowest BCUT2D eigenvalue weighted by Crippen LogP contribution is -2.36. The van der Waals surface area contributed by atoms with E-state index in [0.717, 1.165) is 18.8 Å². The fourth-order valence-corrected chi connectivity index (χ4v) is 4.96. The maximum atomic E-state index is 13.3. The van der Waals surface area contributed by atoms with Gasteiger partial charge < -0.3 is 15.0 Å². The minimum absolute atomic E-state index is 0.0474. The number of carbonyl (C=O) groups excluding carboxylic acids is 1. The van der Waals surface area contributed by atoms with E-state index in [9.17, 15) is 13.2 Å². The van der Waals surface area contributed by atoms with Gasteiger partial charge in [0.25, 0.3) is 15.9 Å². The van der Waals surface area contributed by atoms with E-state index in [4.69, 9.17) is 4.74 Å². The predicted octanol–water partition coefficient (Wildman–Crippen LogP) is 3.60. The van der Waals surface area contributed by atoms with Gasteiger partial charge in [0.1, 0.15) is 4.90 Å². The quantitative estimate of drug-likeness (QED) is 0.620. The van der Waals surface area contributed by atoms with E-state index in [1.165, 1.54) is 23.5 Å². The zero-order valence-corrected chi connectivity index (χ0v) is 18.6. The first-order chi connectivity index (χ1) is 15.5. The highest BCUT2D eigenvalue weighted by Gasteiger charge is 2.26. The molecule has 3 aromatic rings. The molecule has 1 aliphatic heterocycles. The van der Waals surface area contributed by atoms with Gasteiger partial charge in [-0.05, 0) is 48.5 Å². The molecular formula is C24H25N3O4S. The largest absolute Gasteiger partial charge is 0.378 e. The maximum Gasteiger partial charge on any atom is 0.264 e. The van der Waals surface area contributed by atoms with E-state index in [1.54, 1.807) is 36.4 Å². The van der Waals surface area contributed by atoms with Crippen molar-refractivity contribution in [2.75, 3.05) is 47.9 Å². The first-order valence-electron chi connectivity index (χ1n) is 10.3. The first kappa shape index (κ1) is 21.9. The van der Waals surface area contributed by atoms with Gasteiger partial charge in [-0.2, -0.15) is 0 Å². The number of ether oxygens (including phenoxy) is 1.